The van der Waals surface area contributed by atoms with Crippen LogP contribution in [0, 0.1) is 0 Å². The molecule has 4 aliphatic carbocycles. The summed E-state index contributed by atoms with van der Waals surface area (Å²) in [6.07, 6.45) is 0. The van der Waals surface area contributed by atoms with Crippen LogP contribution in [0.1, 0.15) is 91.7 Å². The van der Waals surface area contributed by atoms with Crippen molar-refractivity contribution in [3.63, 3.8) is 0 Å². The number of hydrogen-bond donors (Lipinski definition) is 4. The second kappa shape index (κ2) is 35.4. The summed E-state index contributed by atoms with van der Waals surface area (Å²) >= 11 is 1.86. The Morgan fingerprint density at radius 3 is 0.938 bits per heavy atom. The lowest BCUT2D eigenvalue weighted by molar-refractivity contribution is 0.660. The van der Waals surface area contributed by atoms with Crippen LogP contribution in [0.4, 0.5) is 45.5 Å². The van der Waals surface area contributed by atoms with Crippen molar-refractivity contribution in [1.82, 2.24) is 0 Å². The molecule has 0 unspecified atom stereocenters. The minimum absolute atomic E-state index is 0.0186. The molecule has 26 aromatic rings. The molecule has 4 aromatic heterocycles. The third-order valence-electron chi connectivity index (χ3n) is 30.7. The summed E-state index contributed by atoms with van der Waals surface area (Å²) in [5.41, 5.74) is 41.3. The smallest absolute Gasteiger partial charge is 0.137 e. The van der Waals surface area contributed by atoms with Gasteiger partial charge in [0.1, 0.15) is 33.5 Å². The summed E-state index contributed by atoms with van der Waals surface area (Å²) in [4.78, 5) is 0. The number of anilines is 8. The minimum Gasteiger partial charge on any atom is -0.456 e. The van der Waals surface area contributed by atoms with Crippen molar-refractivity contribution in [3.05, 3.63) is 600 Å². The van der Waals surface area contributed by atoms with Crippen LogP contribution in [-0.2, 0) is 21.7 Å². The fourth-order valence-electron chi connectivity index (χ4n) is 24.6. The van der Waals surface area contributed by atoms with E-state index in [0.29, 0.717) is 0 Å². The standard InChI is InChI=1S/3C37H25NO.C27H21NS/c1-3-13-25(14-4-1)37(26-15-5-2-6-16-26)30-20-9-7-17-27(30)28-19-11-22-32(36(28)37)38-31-21-12-24-34-35(31)29-18-8-10-23-33(29)39-34;1-3-12-25(13-4-1)37(26-14-5-2-6-15-26)31-18-9-7-16-28(31)29-23-22-27(24-32(29)37)38-33-19-11-21-35-36(33)30-17-8-10-20-34(30)39-35;1-3-12-25(13-4-1)37(26-14-5-2-6-15-26)31-18-9-7-16-28(31)30-24-27(22-23-32(30)37)38-33-19-11-21-35-36(33)29-17-8-10-20-34(29)39-35;1-27(2)21-10-5-3-8-18(21)19-15-14-17(16-22(19)27)28-23-11-7-13-25-26(23)20-9-4-6-12-24(20)29-25/h3*1-24,38H;3-16,28H,1-2H3. The van der Waals surface area contributed by atoms with Crippen LogP contribution in [0.3, 0.4) is 0 Å². The average molecular weight is 1890 g/mol. The van der Waals surface area contributed by atoms with Crippen molar-refractivity contribution < 1.29 is 13.3 Å². The van der Waals surface area contributed by atoms with Gasteiger partial charge < -0.3 is 34.5 Å². The number of fused-ring (bicyclic) bond motifs is 24. The first-order chi connectivity index (χ1) is 72.2. The lowest BCUT2D eigenvalue weighted by Crippen LogP contribution is -2.29. The van der Waals surface area contributed by atoms with Gasteiger partial charge in [-0.25, -0.2) is 0 Å². The summed E-state index contributed by atoms with van der Waals surface area (Å²) in [7, 11) is 0. The van der Waals surface area contributed by atoms with Crippen LogP contribution < -0.4 is 21.3 Å². The van der Waals surface area contributed by atoms with Gasteiger partial charge in [-0.05, 0) is 232 Å². The first-order valence-electron chi connectivity index (χ1n) is 50.2. The molecule has 0 bridgehead atoms. The van der Waals surface area contributed by atoms with Crippen LogP contribution >= 0.6 is 11.3 Å². The second-order valence-electron chi connectivity index (χ2n) is 38.9. The number of hydrogen-bond acceptors (Lipinski definition) is 8. The molecule has 22 aromatic carbocycles. The lowest BCUT2D eigenvalue weighted by atomic mass is 9.67. The second-order valence-corrected chi connectivity index (χ2v) is 40.0. The Hall–Kier alpha value is -18.3. The number of thiophene rings is 1. The molecule has 0 atom stereocenters. The fourth-order valence-corrected chi connectivity index (χ4v) is 25.7. The molecule has 0 fully saturated rings. The Kier molecular flexibility index (Phi) is 21.0. The molecule has 0 radical (unpaired) electrons. The van der Waals surface area contributed by atoms with Crippen LogP contribution in [0.15, 0.2) is 535 Å². The van der Waals surface area contributed by atoms with E-state index in [0.717, 1.165) is 106 Å². The minimum atomic E-state index is -0.468. The van der Waals surface area contributed by atoms with Crippen molar-refractivity contribution in [2.75, 3.05) is 21.3 Å². The van der Waals surface area contributed by atoms with E-state index >= 15 is 0 Å². The SMILES string of the molecule is CC1(C)c2ccccc2-c2ccc(Nc3cccc4sc5ccccc5c34)cc21.c1ccc(C2(c3ccccc3)c3ccccc3-c3cc(Nc4cccc5oc6ccccc6c45)ccc32)cc1.c1ccc(C2(c3ccccc3)c3ccccc3-c3ccc(Nc4cccc5oc6ccccc6c45)cc32)cc1.c1ccc(C2(c3ccccc3)c3ccccc3-c3cccc(Nc4cccc5oc6ccccc6c45)c32)cc1. The predicted octanol–water partition coefficient (Wildman–Crippen LogP) is 37.2. The third kappa shape index (κ3) is 13.9. The average Bonchev–Trinajstić information content (AvgIpc) is 1.54. The Morgan fingerprint density at radius 2 is 0.466 bits per heavy atom. The first kappa shape index (κ1) is 86.7. The Labute approximate surface area is 850 Å². The highest BCUT2D eigenvalue weighted by atomic mass is 32.1. The number of rotatable bonds is 14. The molecule has 692 valence electrons. The Balaban J connectivity index is 0.0000000971. The van der Waals surface area contributed by atoms with Gasteiger partial charge in [0.2, 0.25) is 0 Å². The normalized spacial score (nSPS) is 13.5. The number of furan rings is 3. The van der Waals surface area contributed by atoms with E-state index in [1.54, 1.807) is 0 Å². The molecule has 0 aliphatic heterocycles. The summed E-state index contributed by atoms with van der Waals surface area (Å²) in [6, 6.07) is 187. The van der Waals surface area contributed by atoms with Gasteiger partial charge in [0.25, 0.3) is 0 Å². The van der Waals surface area contributed by atoms with Gasteiger partial charge >= 0.3 is 0 Å². The largest absolute Gasteiger partial charge is 0.456 e. The van der Waals surface area contributed by atoms with Gasteiger partial charge in [0.05, 0.1) is 49.5 Å². The monoisotopic (exact) mass is 1890 g/mol. The van der Waals surface area contributed by atoms with Crippen molar-refractivity contribution >= 4 is 143 Å². The van der Waals surface area contributed by atoms with E-state index < -0.39 is 10.8 Å². The van der Waals surface area contributed by atoms with Gasteiger partial charge in [-0.1, -0.05) is 420 Å². The lowest BCUT2D eigenvalue weighted by Gasteiger charge is -2.35. The molecule has 0 saturated carbocycles. The zero-order chi connectivity index (χ0) is 97.0. The zero-order valence-corrected chi connectivity index (χ0v) is 81.1. The highest BCUT2D eigenvalue weighted by molar-refractivity contribution is 7.26. The van der Waals surface area contributed by atoms with E-state index in [-0.39, 0.29) is 10.8 Å². The molecule has 7 nitrogen and oxygen atoms in total. The number of benzene rings is 22. The Bertz CT molecular complexity index is 9430. The molecule has 4 aliphatic rings. The maximum absolute atomic E-state index is 6.21. The van der Waals surface area contributed by atoms with E-state index in [9.17, 15) is 0 Å². The topological polar surface area (TPSA) is 87.5 Å². The molecule has 8 heteroatoms. The number of nitrogens with one attached hydrogen (secondary N) is 4. The van der Waals surface area contributed by atoms with Gasteiger partial charge in [0.15, 0.2) is 0 Å². The molecule has 30 rings (SSSR count). The molecular weight excluding hydrogens is 1790 g/mol. The molecule has 0 amide bonds. The van der Waals surface area contributed by atoms with E-state index in [4.69, 9.17) is 13.3 Å². The molecule has 0 spiro atoms. The fraction of sp³-hybridized carbons (Fsp3) is 0.0435. The number of para-hydroxylation sites is 3. The van der Waals surface area contributed by atoms with Crippen molar-refractivity contribution in [2.24, 2.45) is 0 Å². The molecule has 146 heavy (non-hydrogen) atoms. The quantitative estimate of drug-likeness (QED) is 0.0863. The first-order valence-corrected chi connectivity index (χ1v) is 51.0. The molecular formula is C138H96N4O3S. The van der Waals surface area contributed by atoms with Gasteiger partial charge in [-0.15, -0.1) is 11.3 Å². The molecule has 0 saturated heterocycles. The van der Waals surface area contributed by atoms with Gasteiger partial charge in [0, 0.05) is 75.7 Å². The maximum atomic E-state index is 6.21. The van der Waals surface area contributed by atoms with Crippen LogP contribution in [0.25, 0.3) is 130 Å². The Morgan fingerprint density at radius 1 is 0.178 bits per heavy atom. The summed E-state index contributed by atoms with van der Waals surface area (Å²) in [5, 5.41) is 24.4. The van der Waals surface area contributed by atoms with Crippen molar-refractivity contribution in [1.29, 1.82) is 0 Å². The van der Waals surface area contributed by atoms with E-state index in [1.165, 1.54) is 148 Å². The van der Waals surface area contributed by atoms with Gasteiger partial charge in [-0.2, -0.15) is 0 Å². The zero-order valence-electron chi connectivity index (χ0n) is 80.3. The summed E-state index contributed by atoms with van der Waals surface area (Å²) in [5.74, 6) is 0. The van der Waals surface area contributed by atoms with Crippen LogP contribution in [0.2, 0.25) is 0 Å². The van der Waals surface area contributed by atoms with E-state index in [2.05, 4.69) is 496 Å². The van der Waals surface area contributed by atoms with Gasteiger partial charge in [-0.3, -0.25) is 0 Å². The molecule has 4 heterocycles. The van der Waals surface area contributed by atoms with Crippen molar-refractivity contribution in [3.8, 4) is 44.5 Å². The highest BCUT2D eigenvalue weighted by Gasteiger charge is 2.50. The third-order valence-corrected chi connectivity index (χ3v) is 31.8. The van der Waals surface area contributed by atoms with Crippen molar-refractivity contribution in [2.45, 2.75) is 35.5 Å². The van der Waals surface area contributed by atoms with E-state index in [1.807, 2.05) is 72.0 Å². The van der Waals surface area contributed by atoms with Crippen LogP contribution in [0.5, 0.6) is 0 Å². The highest BCUT2D eigenvalue weighted by Crippen LogP contribution is 2.62. The summed E-state index contributed by atoms with van der Waals surface area (Å²) in [6.45, 7) is 4.66. The predicted molar refractivity (Wildman–Crippen MR) is 609 cm³/mol. The summed E-state index contributed by atoms with van der Waals surface area (Å²) < 4.78 is 21.2. The maximum Gasteiger partial charge on any atom is 0.137 e. The molecule has 4 N–H and O–H groups in total. The van der Waals surface area contributed by atoms with Crippen LogP contribution in [-0.4, -0.2) is 0 Å².